The molecule has 1 aromatic carbocycles. The van der Waals surface area contributed by atoms with Crippen molar-refractivity contribution in [3.8, 4) is 11.8 Å². The molecule has 0 amide bonds. The molecule has 2 nitrogen and oxygen atoms in total. The summed E-state index contributed by atoms with van der Waals surface area (Å²) < 4.78 is 17.6. The summed E-state index contributed by atoms with van der Waals surface area (Å²) in [7, 11) is 1.42. The summed E-state index contributed by atoms with van der Waals surface area (Å²) in [6.45, 7) is 0. The molecule has 0 saturated carbocycles. The lowest BCUT2D eigenvalue weighted by Gasteiger charge is -2.04. The average Bonchev–Trinajstić information content (AvgIpc) is 2.09. The van der Waals surface area contributed by atoms with E-state index in [0.717, 1.165) is 0 Å². The largest absolute Gasteiger partial charge is 0.495 e. The molecule has 0 bridgehead atoms. The van der Waals surface area contributed by atoms with E-state index in [9.17, 15) is 4.39 Å². The Kier molecular flexibility index (Phi) is 2.56. The number of hydrogen-bond acceptors (Lipinski definition) is 3. The number of hydrogen-bond donors (Lipinski definition) is 1. The molecule has 0 atom stereocenters. The Bertz CT molecular complexity index is 346. The second-order valence-corrected chi connectivity index (χ2v) is 2.53. The van der Waals surface area contributed by atoms with Crippen LogP contribution in [0.25, 0.3) is 0 Å². The summed E-state index contributed by atoms with van der Waals surface area (Å²) in [6, 6.07) is 4.42. The summed E-state index contributed by atoms with van der Waals surface area (Å²) in [4.78, 5) is 0.0249. The van der Waals surface area contributed by atoms with Crippen molar-refractivity contribution in [1.29, 1.82) is 5.26 Å². The number of methoxy groups -OCH3 is 1. The Morgan fingerprint density at radius 3 is 2.75 bits per heavy atom. The molecule has 0 fully saturated rings. The molecule has 62 valence electrons. The summed E-state index contributed by atoms with van der Waals surface area (Å²) in [5.74, 6) is -0.181. The van der Waals surface area contributed by atoms with Gasteiger partial charge in [-0.1, -0.05) is 0 Å². The minimum Gasteiger partial charge on any atom is -0.495 e. The Labute approximate surface area is 75.0 Å². The molecule has 1 aromatic rings. The van der Waals surface area contributed by atoms with Gasteiger partial charge in [-0.05, 0) is 12.1 Å². The first-order chi connectivity index (χ1) is 5.70. The van der Waals surface area contributed by atoms with Crippen molar-refractivity contribution in [2.24, 2.45) is 0 Å². The molecule has 0 saturated heterocycles. The molecular weight excluding hydrogens is 177 g/mol. The zero-order valence-electron chi connectivity index (χ0n) is 6.34. The van der Waals surface area contributed by atoms with E-state index in [1.165, 1.54) is 19.2 Å². The Morgan fingerprint density at radius 1 is 1.58 bits per heavy atom. The van der Waals surface area contributed by atoms with Crippen LogP contribution in [0.5, 0.6) is 5.75 Å². The van der Waals surface area contributed by atoms with Crippen LogP contribution in [0.15, 0.2) is 17.0 Å². The van der Waals surface area contributed by atoms with Crippen molar-refractivity contribution in [2.75, 3.05) is 7.11 Å². The summed E-state index contributed by atoms with van der Waals surface area (Å²) >= 11 is 3.84. The molecule has 0 aliphatic heterocycles. The first-order valence-corrected chi connectivity index (χ1v) is 3.61. The fraction of sp³-hybridized carbons (Fsp3) is 0.125. The van der Waals surface area contributed by atoms with Crippen LogP contribution < -0.4 is 4.74 Å². The maximum absolute atomic E-state index is 12.8. The van der Waals surface area contributed by atoms with E-state index >= 15 is 0 Å². The van der Waals surface area contributed by atoms with Crippen LogP contribution in [-0.4, -0.2) is 7.11 Å². The average molecular weight is 183 g/mol. The fourth-order valence-corrected chi connectivity index (χ4v) is 1.06. The molecular formula is C8H6FNOS. The van der Waals surface area contributed by atoms with Crippen molar-refractivity contribution in [3.05, 3.63) is 23.5 Å². The number of benzene rings is 1. The van der Waals surface area contributed by atoms with Gasteiger partial charge < -0.3 is 4.74 Å². The third-order valence-electron chi connectivity index (χ3n) is 1.42. The number of nitriles is 1. The van der Waals surface area contributed by atoms with Crippen LogP contribution in [0.3, 0.4) is 0 Å². The third kappa shape index (κ3) is 1.36. The molecule has 4 heteroatoms. The van der Waals surface area contributed by atoms with E-state index in [0.29, 0.717) is 5.75 Å². The second kappa shape index (κ2) is 3.46. The van der Waals surface area contributed by atoms with Crippen LogP contribution in [0, 0.1) is 17.1 Å². The first-order valence-electron chi connectivity index (χ1n) is 3.16. The topological polar surface area (TPSA) is 33.0 Å². The predicted octanol–water partition coefficient (Wildman–Crippen LogP) is 1.99. The Hall–Kier alpha value is -1.21. The van der Waals surface area contributed by atoms with E-state index < -0.39 is 5.82 Å². The zero-order chi connectivity index (χ0) is 9.14. The normalized spacial score (nSPS) is 9.17. The van der Waals surface area contributed by atoms with Gasteiger partial charge in [-0.2, -0.15) is 5.26 Å². The number of halogens is 1. The standard InChI is InChI=1S/C8H6FNOS/c1-11-7-3-2-6(9)8(12)5(7)4-10/h2-3,12H,1H3. The van der Waals surface area contributed by atoms with Crippen molar-refractivity contribution in [2.45, 2.75) is 4.90 Å². The predicted molar refractivity (Wildman–Crippen MR) is 44.9 cm³/mol. The highest BCUT2D eigenvalue weighted by Crippen LogP contribution is 2.26. The molecule has 0 spiro atoms. The van der Waals surface area contributed by atoms with Gasteiger partial charge >= 0.3 is 0 Å². The van der Waals surface area contributed by atoms with Crippen LogP contribution in [0.4, 0.5) is 4.39 Å². The van der Waals surface area contributed by atoms with Crippen LogP contribution in [0.1, 0.15) is 5.56 Å². The fourth-order valence-electron chi connectivity index (χ4n) is 0.825. The minimum atomic E-state index is -0.518. The van der Waals surface area contributed by atoms with Gasteiger partial charge in [0.1, 0.15) is 23.2 Å². The van der Waals surface area contributed by atoms with E-state index in [2.05, 4.69) is 12.6 Å². The molecule has 0 aromatic heterocycles. The highest BCUT2D eigenvalue weighted by Gasteiger charge is 2.09. The molecule has 0 radical (unpaired) electrons. The van der Waals surface area contributed by atoms with Gasteiger partial charge in [0, 0.05) is 0 Å². The summed E-state index contributed by atoms with van der Waals surface area (Å²) in [6.07, 6.45) is 0. The van der Waals surface area contributed by atoms with Crippen LogP contribution in [-0.2, 0) is 0 Å². The minimum absolute atomic E-state index is 0.0249. The maximum atomic E-state index is 12.8. The number of rotatable bonds is 1. The van der Waals surface area contributed by atoms with Crippen molar-refractivity contribution >= 4 is 12.6 Å². The van der Waals surface area contributed by atoms with Crippen molar-refractivity contribution in [1.82, 2.24) is 0 Å². The number of nitrogens with zero attached hydrogens (tertiary/aromatic N) is 1. The molecule has 0 N–H and O–H groups in total. The van der Waals surface area contributed by atoms with Gasteiger partial charge in [0.15, 0.2) is 0 Å². The zero-order valence-corrected chi connectivity index (χ0v) is 7.23. The van der Waals surface area contributed by atoms with E-state index in [1.807, 2.05) is 6.07 Å². The van der Waals surface area contributed by atoms with Crippen LogP contribution in [0.2, 0.25) is 0 Å². The Morgan fingerprint density at radius 2 is 2.25 bits per heavy atom. The van der Waals surface area contributed by atoms with Gasteiger partial charge in [-0.25, -0.2) is 4.39 Å². The SMILES string of the molecule is COc1ccc(F)c(S)c1C#N. The molecule has 0 heterocycles. The second-order valence-electron chi connectivity index (χ2n) is 2.09. The summed E-state index contributed by atoms with van der Waals surface area (Å²) in [5.41, 5.74) is 0.126. The maximum Gasteiger partial charge on any atom is 0.138 e. The lowest BCUT2D eigenvalue weighted by Crippen LogP contribution is -1.91. The van der Waals surface area contributed by atoms with Gasteiger partial charge in [0.2, 0.25) is 0 Å². The molecule has 0 aliphatic carbocycles. The quantitative estimate of drug-likeness (QED) is 0.675. The van der Waals surface area contributed by atoms with E-state index in [-0.39, 0.29) is 10.5 Å². The molecule has 12 heavy (non-hydrogen) atoms. The van der Waals surface area contributed by atoms with Gasteiger partial charge in [-0.3, -0.25) is 0 Å². The monoisotopic (exact) mass is 183 g/mol. The van der Waals surface area contributed by atoms with Gasteiger partial charge in [0.25, 0.3) is 0 Å². The third-order valence-corrected chi connectivity index (χ3v) is 1.86. The van der Waals surface area contributed by atoms with Crippen LogP contribution >= 0.6 is 12.6 Å². The highest BCUT2D eigenvalue weighted by atomic mass is 32.1. The Balaban J connectivity index is 3.38. The number of thiol groups is 1. The summed E-state index contributed by atoms with van der Waals surface area (Å²) in [5, 5.41) is 8.61. The smallest absolute Gasteiger partial charge is 0.138 e. The van der Waals surface area contributed by atoms with E-state index in [1.54, 1.807) is 0 Å². The van der Waals surface area contributed by atoms with E-state index in [4.69, 9.17) is 10.00 Å². The molecule has 0 aliphatic rings. The molecule has 1 rings (SSSR count). The molecule has 0 unspecified atom stereocenters. The lowest BCUT2D eigenvalue weighted by molar-refractivity contribution is 0.410. The number of ether oxygens (including phenoxy) is 1. The van der Waals surface area contributed by atoms with Gasteiger partial charge in [0.05, 0.1) is 12.0 Å². The highest BCUT2D eigenvalue weighted by molar-refractivity contribution is 7.80. The van der Waals surface area contributed by atoms with Crippen molar-refractivity contribution < 1.29 is 9.13 Å². The van der Waals surface area contributed by atoms with Crippen molar-refractivity contribution in [3.63, 3.8) is 0 Å². The lowest BCUT2D eigenvalue weighted by atomic mass is 10.2. The first kappa shape index (κ1) is 8.88. The van der Waals surface area contributed by atoms with Gasteiger partial charge in [-0.15, -0.1) is 12.6 Å².